The quantitative estimate of drug-likeness (QED) is 0.619. The van der Waals surface area contributed by atoms with Gasteiger partial charge >= 0.3 is 0 Å². The van der Waals surface area contributed by atoms with E-state index >= 15 is 0 Å². The number of benzene rings is 1. The van der Waals surface area contributed by atoms with Gasteiger partial charge in [-0.2, -0.15) is 0 Å². The van der Waals surface area contributed by atoms with Crippen molar-refractivity contribution in [3.63, 3.8) is 0 Å². The third-order valence-corrected chi connectivity index (χ3v) is 3.55. The Bertz CT molecular complexity index is 594. The second-order valence-corrected chi connectivity index (χ2v) is 4.97. The second kappa shape index (κ2) is 7.53. The van der Waals surface area contributed by atoms with Crippen LogP contribution >= 0.6 is 0 Å². The average Bonchev–Trinajstić information content (AvgIpc) is 2.46. The predicted molar refractivity (Wildman–Crippen MR) is 90.0 cm³/mol. The molecule has 0 spiro atoms. The average molecular weight is 265 g/mol. The SMILES string of the molecule is C#CC/C(C)=C(/C)C(=C)c1cccc(/C(C)=C/CN)c1. The third-order valence-electron chi connectivity index (χ3n) is 3.55. The van der Waals surface area contributed by atoms with Gasteiger partial charge in [0.1, 0.15) is 0 Å². The van der Waals surface area contributed by atoms with Crippen molar-refractivity contribution >= 4 is 11.1 Å². The molecule has 1 heteroatoms. The molecular weight excluding hydrogens is 242 g/mol. The maximum atomic E-state index is 5.57. The van der Waals surface area contributed by atoms with E-state index in [-0.39, 0.29) is 0 Å². The van der Waals surface area contributed by atoms with Crippen molar-refractivity contribution in [1.82, 2.24) is 0 Å². The minimum atomic E-state index is 0.553. The highest BCUT2D eigenvalue weighted by Crippen LogP contribution is 2.26. The summed E-state index contributed by atoms with van der Waals surface area (Å²) in [4.78, 5) is 0. The molecule has 2 N–H and O–H groups in total. The van der Waals surface area contributed by atoms with Gasteiger partial charge in [0.25, 0.3) is 0 Å². The third kappa shape index (κ3) is 3.98. The lowest BCUT2D eigenvalue weighted by molar-refractivity contribution is 1.20. The number of rotatable bonds is 5. The first-order valence-corrected chi connectivity index (χ1v) is 6.78. The van der Waals surface area contributed by atoms with E-state index in [1.165, 1.54) is 22.3 Å². The number of hydrogen-bond acceptors (Lipinski definition) is 1. The molecule has 1 aromatic carbocycles. The number of hydrogen-bond donors (Lipinski definition) is 1. The summed E-state index contributed by atoms with van der Waals surface area (Å²) in [7, 11) is 0. The van der Waals surface area contributed by atoms with E-state index in [1.54, 1.807) is 0 Å². The van der Waals surface area contributed by atoms with Crippen LogP contribution in [0.25, 0.3) is 11.1 Å². The van der Waals surface area contributed by atoms with Gasteiger partial charge in [-0.3, -0.25) is 0 Å². The van der Waals surface area contributed by atoms with Gasteiger partial charge in [-0.1, -0.05) is 36.4 Å². The van der Waals surface area contributed by atoms with Crippen LogP contribution in [0.1, 0.15) is 38.3 Å². The van der Waals surface area contributed by atoms with Crippen molar-refractivity contribution < 1.29 is 0 Å². The first-order valence-electron chi connectivity index (χ1n) is 6.78. The van der Waals surface area contributed by atoms with E-state index in [0.717, 1.165) is 11.1 Å². The van der Waals surface area contributed by atoms with Crippen LogP contribution in [0, 0.1) is 12.3 Å². The van der Waals surface area contributed by atoms with E-state index in [4.69, 9.17) is 12.2 Å². The maximum Gasteiger partial charge on any atom is 0.0299 e. The van der Waals surface area contributed by atoms with Crippen LogP contribution in [0.2, 0.25) is 0 Å². The molecule has 0 aliphatic carbocycles. The van der Waals surface area contributed by atoms with Gasteiger partial charge in [0, 0.05) is 13.0 Å². The Kier molecular flexibility index (Phi) is 6.03. The smallest absolute Gasteiger partial charge is 0.0299 e. The van der Waals surface area contributed by atoms with E-state index in [0.29, 0.717) is 13.0 Å². The molecule has 0 heterocycles. The van der Waals surface area contributed by atoms with E-state index in [1.807, 2.05) is 12.1 Å². The topological polar surface area (TPSA) is 26.0 Å². The van der Waals surface area contributed by atoms with Crippen LogP contribution < -0.4 is 5.73 Å². The van der Waals surface area contributed by atoms with Gasteiger partial charge in [-0.25, -0.2) is 0 Å². The molecule has 0 aliphatic heterocycles. The van der Waals surface area contributed by atoms with E-state index < -0.39 is 0 Å². The van der Waals surface area contributed by atoms with Crippen LogP contribution in [0.4, 0.5) is 0 Å². The predicted octanol–water partition coefficient (Wildman–Crippen LogP) is 4.42. The van der Waals surface area contributed by atoms with Crippen molar-refractivity contribution in [3.05, 3.63) is 59.2 Å². The van der Waals surface area contributed by atoms with E-state index in [9.17, 15) is 0 Å². The highest BCUT2D eigenvalue weighted by molar-refractivity contribution is 5.79. The number of nitrogens with two attached hydrogens (primary N) is 1. The Morgan fingerprint density at radius 1 is 1.30 bits per heavy atom. The van der Waals surface area contributed by atoms with Crippen LogP contribution in [-0.2, 0) is 0 Å². The molecule has 0 amide bonds. The maximum absolute atomic E-state index is 5.57. The summed E-state index contributed by atoms with van der Waals surface area (Å²) in [5.41, 5.74) is 12.4. The second-order valence-electron chi connectivity index (χ2n) is 4.97. The Balaban J connectivity index is 3.13. The van der Waals surface area contributed by atoms with Gasteiger partial charge < -0.3 is 5.73 Å². The molecule has 1 nitrogen and oxygen atoms in total. The van der Waals surface area contributed by atoms with Crippen LogP contribution in [-0.4, -0.2) is 6.54 Å². The molecule has 0 aromatic heterocycles. The Labute approximate surface area is 122 Å². The summed E-state index contributed by atoms with van der Waals surface area (Å²) in [5, 5.41) is 0. The van der Waals surface area contributed by atoms with Gasteiger partial charge in [-0.05, 0) is 54.7 Å². The molecule has 1 aromatic rings. The number of allylic oxidation sites excluding steroid dienone is 4. The zero-order valence-electron chi connectivity index (χ0n) is 12.7. The van der Waals surface area contributed by atoms with Gasteiger partial charge in [0.15, 0.2) is 0 Å². The van der Waals surface area contributed by atoms with Crippen LogP contribution in [0.5, 0.6) is 0 Å². The molecule has 0 radical (unpaired) electrons. The normalized spacial score (nSPS) is 12.7. The zero-order valence-corrected chi connectivity index (χ0v) is 12.7. The highest BCUT2D eigenvalue weighted by atomic mass is 14.5. The van der Waals surface area contributed by atoms with Crippen molar-refractivity contribution in [2.45, 2.75) is 27.2 Å². The molecule has 1 rings (SSSR count). The number of terminal acetylenes is 1. The molecule has 0 bridgehead atoms. The molecule has 0 fully saturated rings. The standard InChI is InChI=1S/C19H23N/c1-6-8-14(2)16(4)17(5)19-10-7-9-18(13-19)15(3)11-12-20/h1,7,9-11,13H,5,8,12,20H2,2-4H3/b15-11+,16-14-. The minimum absolute atomic E-state index is 0.553. The van der Waals surface area contributed by atoms with Crippen molar-refractivity contribution in [3.8, 4) is 12.3 Å². The fourth-order valence-corrected chi connectivity index (χ4v) is 2.01. The monoisotopic (exact) mass is 265 g/mol. The van der Waals surface area contributed by atoms with Crippen molar-refractivity contribution in [1.29, 1.82) is 0 Å². The van der Waals surface area contributed by atoms with Gasteiger partial charge in [-0.15, -0.1) is 12.3 Å². The fraction of sp³-hybridized carbons (Fsp3) is 0.263. The molecule has 0 aliphatic rings. The lowest BCUT2D eigenvalue weighted by Gasteiger charge is -2.12. The van der Waals surface area contributed by atoms with Crippen LogP contribution in [0.15, 0.2) is 48.1 Å². The molecule has 0 saturated carbocycles. The molecule has 0 unspecified atom stereocenters. The minimum Gasteiger partial charge on any atom is -0.327 e. The fourth-order valence-electron chi connectivity index (χ4n) is 2.01. The molecule has 20 heavy (non-hydrogen) atoms. The van der Waals surface area contributed by atoms with Crippen molar-refractivity contribution in [2.75, 3.05) is 6.54 Å². The first-order chi connectivity index (χ1) is 9.51. The van der Waals surface area contributed by atoms with Crippen LogP contribution in [0.3, 0.4) is 0 Å². The molecule has 0 saturated heterocycles. The molecular formula is C19H23N. The Morgan fingerprint density at radius 3 is 2.55 bits per heavy atom. The zero-order chi connectivity index (χ0) is 15.1. The summed E-state index contributed by atoms with van der Waals surface area (Å²) in [6.07, 6.45) is 8.06. The molecule has 104 valence electrons. The highest BCUT2D eigenvalue weighted by Gasteiger charge is 2.06. The van der Waals surface area contributed by atoms with Crippen molar-refractivity contribution in [2.24, 2.45) is 5.73 Å². The Hall–Kier alpha value is -2.04. The Morgan fingerprint density at radius 2 is 1.95 bits per heavy atom. The summed E-state index contributed by atoms with van der Waals surface area (Å²) in [6, 6.07) is 8.36. The van der Waals surface area contributed by atoms with Gasteiger partial charge in [0.05, 0.1) is 0 Å². The lowest BCUT2D eigenvalue weighted by atomic mass is 9.93. The summed E-state index contributed by atoms with van der Waals surface area (Å²) in [5.74, 6) is 2.68. The lowest BCUT2D eigenvalue weighted by Crippen LogP contribution is -1.95. The van der Waals surface area contributed by atoms with E-state index in [2.05, 4.69) is 51.5 Å². The molecule has 0 atom stereocenters. The summed E-state index contributed by atoms with van der Waals surface area (Å²) < 4.78 is 0. The van der Waals surface area contributed by atoms with Gasteiger partial charge in [0.2, 0.25) is 0 Å². The summed E-state index contributed by atoms with van der Waals surface area (Å²) >= 11 is 0. The summed E-state index contributed by atoms with van der Waals surface area (Å²) in [6.45, 7) is 11.0. The largest absolute Gasteiger partial charge is 0.327 e. The first kappa shape index (κ1) is 16.0.